The number of imidazole rings is 1. The van der Waals surface area contributed by atoms with E-state index < -0.39 is 0 Å². The van der Waals surface area contributed by atoms with Crippen LogP contribution in [0.5, 0.6) is 0 Å². The van der Waals surface area contributed by atoms with Gasteiger partial charge < -0.3 is 4.57 Å². The zero-order chi connectivity index (χ0) is 16.4. The van der Waals surface area contributed by atoms with E-state index in [4.69, 9.17) is 4.98 Å². The predicted octanol–water partition coefficient (Wildman–Crippen LogP) is 2.61. The smallest absolute Gasteiger partial charge is 0.0948 e. The molecule has 0 aromatic carbocycles. The van der Waals surface area contributed by atoms with Crippen molar-refractivity contribution in [2.24, 2.45) is 7.05 Å². The van der Waals surface area contributed by atoms with Crippen molar-refractivity contribution < 1.29 is 0 Å². The molecule has 0 amide bonds. The number of aromatic nitrogens is 5. The molecule has 4 rings (SSSR count). The summed E-state index contributed by atoms with van der Waals surface area (Å²) in [5.74, 6) is 0. The summed E-state index contributed by atoms with van der Waals surface area (Å²) < 4.78 is 2.00. The lowest BCUT2D eigenvalue weighted by molar-refractivity contribution is 0.241. The van der Waals surface area contributed by atoms with E-state index in [-0.39, 0.29) is 0 Å². The molecule has 122 valence electrons. The molecule has 6 heteroatoms. The highest BCUT2D eigenvalue weighted by Crippen LogP contribution is 2.32. The van der Waals surface area contributed by atoms with Gasteiger partial charge in [0, 0.05) is 32.2 Å². The van der Waals surface area contributed by atoms with Crippen molar-refractivity contribution in [2.75, 3.05) is 6.54 Å². The zero-order valence-electron chi connectivity index (χ0n) is 13.7. The van der Waals surface area contributed by atoms with Gasteiger partial charge in [0.2, 0.25) is 0 Å². The Labute approximate surface area is 141 Å². The van der Waals surface area contributed by atoms with E-state index in [1.54, 1.807) is 18.7 Å². The summed E-state index contributed by atoms with van der Waals surface area (Å²) in [4.78, 5) is 20.1. The monoisotopic (exact) mass is 320 g/mol. The first kappa shape index (κ1) is 15.0. The van der Waals surface area contributed by atoms with E-state index in [9.17, 15) is 0 Å². The zero-order valence-corrected chi connectivity index (χ0v) is 13.7. The Morgan fingerprint density at radius 1 is 1.17 bits per heavy atom. The first-order valence-corrected chi connectivity index (χ1v) is 8.24. The fraction of sp³-hybridized carbons (Fsp3) is 0.333. The molecule has 0 spiro atoms. The third-order valence-electron chi connectivity index (χ3n) is 4.54. The Hall–Kier alpha value is -2.60. The molecule has 0 radical (unpaired) electrons. The van der Waals surface area contributed by atoms with Crippen molar-refractivity contribution in [3.63, 3.8) is 0 Å². The normalized spacial score (nSPS) is 18.1. The van der Waals surface area contributed by atoms with Crippen LogP contribution in [0.25, 0.3) is 11.4 Å². The summed E-state index contributed by atoms with van der Waals surface area (Å²) in [6.45, 7) is 1.88. The van der Waals surface area contributed by atoms with Crippen LogP contribution in [0.3, 0.4) is 0 Å². The van der Waals surface area contributed by atoms with Gasteiger partial charge >= 0.3 is 0 Å². The number of hydrogen-bond donors (Lipinski definition) is 0. The van der Waals surface area contributed by atoms with E-state index in [0.717, 1.165) is 42.3 Å². The summed E-state index contributed by atoms with van der Waals surface area (Å²) in [7, 11) is 1.99. The molecule has 1 atom stereocenters. The van der Waals surface area contributed by atoms with Gasteiger partial charge in [-0.1, -0.05) is 6.07 Å². The van der Waals surface area contributed by atoms with E-state index in [0.29, 0.717) is 6.04 Å². The highest BCUT2D eigenvalue weighted by molar-refractivity contribution is 5.53. The molecule has 1 aliphatic rings. The molecule has 24 heavy (non-hydrogen) atoms. The summed E-state index contributed by atoms with van der Waals surface area (Å²) in [5.41, 5.74) is 4.14. The fourth-order valence-corrected chi connectivity index (χ4v) is 3.35. The second-order valence-corrected chi connectivity index (χ2v) is 6.16. The highest BCUT2D eigenvalue weighted by Gasteiger charge is 2.27. The summed E-state index contributed by atoms with van der Waals surface area (Å²) in [6, 6.07) is 6.59. The highest BCUT2D eigenvalue weighted by atomic mass is 15.2. The lowest BCUT2D eigenvalue weighted by Crippen LogP contribution is -2.24. The molecule has 0 bridgehead atoms. The van der Waals surface area contributed by atoms with Gasteiger partial charge in [-0.3, -0.25) is 14.9 Å². The van der Waals surface area contributed by atoms with Gasteiger partial charge in [-0.05, 0) is 31.5 Å². The largest absolute Gasteiger partial charge is 0.332 e. The van der Waals surface area contributed by atoms with Crippen molar-refractivity contribution in [1.82, 2.24) is 29.4 Å². The van der Waals surface area contributed by atoms with Crippen LogP contribution < -0.4 is 0 Å². The van der Waals surface area contributed by atoms with Crippen LogP contribution in [0.1, 0.15) is 30.3 Å². The second-order valence-electron chi connectivity index (χ2n) is 6.16. The van der Waals surface area contributed by atoms with Crippen molar-refractivity contribution in [1.29, 1.82) is 0 Å². The molecule has 0 aliphatic carbocycles. The molecule has 1 aliphatic heterocycles. The van der Waals surface area contributed by atoms with Crippen LogP contribution in [-0.2, 0) is 13.6 Å². The Morgan fingerprint density at radius 3 is 2.92 bits per heavy atom. The molecular weight excluding hydrogens is 300 g/mol. The molecule has 0 N–H and O–H groups in total. The average Bonchev–Trinajstić information content (AvgIpc) is 3.25. The Kier molecular flexibility index (Phi) is 4.04. The molecule has 1 saturated heterocycles. The van der Waals surface area contributed by atoms with Crippen molar-refractivity contribution >= 4 is 0 Å². The molecule has 3 aromatic heterocycles. The fourth-order valence-electron chi connectivity index (χ4n) is 3.35. The van der Waals surface area contributed by atoms with Crippen LogP contribution in [0, 0.1) is 0 Å². The van der Waals surface area contributed by atoms with E-state index in [1.807, 2.05) is 30.1 Å². The molecule has 4 heterocycles. The van der Waals surface area contributed by atoms with Gasteiger partial charge in [-0.2, -0.15) is 0 Å². The van der Waals surface area contributed by atoms with Gasteiger partial charge in [0.25, 0.3) is 0 Å². The number of nitrogens with zero attached hydrogens (tertiary/aromatic N) is 6. The summed E-state index contributed by atoms with van der Waals surface area (Å²) >= 11 is 0. The third-order valence-corrected chi connectivity index (χ3v) is 4.54. The maximum Gasteiger partial charge on any atom is 0.0948 e. The minimum absolute atomic E-state index is 0.334. The lowest BCUT2D eigenvalue weighted by Gasteiger charge is -2.23. The van der Waals surface area contributed by atoms with E-state index in [1.165, 1.54) is 6.42 Å². The number of aryl methyl sites for hydroxylation is 1. The molecule has 0 unspecified atom stereocenters. The number of hydrogen-bond acceptors (Lipinski definition) is 5. The topological polar surface area (TPSA) is 59.7 Å². The van der Waals surface area contributed by atoms with Crippen LogP contribution in [0.2, 0.25) is 0 Å². The van der Waals surface area contributed by atoms with Crippen LogP contribution in [-0.4, -0.2) is 35.9 Å². The maximum absolute atomic E-state index is 4.91. The molecule has 1 fully saturated rings. The van der Waals surface area contributed by atoms with Crippen LogP contribution in [0.4, 0.5) is 0 Å². The quantitative estimate of drug-likeness (QED) is 0.739. The van der Waals surface area contributed by atoms with Gasteiger partial charge in [-0.15, -0.1) is 0 Å². The van der Waals surface area contributed by atoms with Gasteiger partial charge in [-0.25, -0.2) is 9.97 Å². The van der Waals surface area contributed by atoms with Gasteiger partial charge in [0.15, 0.2) is 0 Å². The molecule has 6 nitrogen and oxygen atoms in total. The first-order valence-electron chi connectivity index (χ1n) is 8.24. The molecule has 0 saturated carbocycles. The van der Waals surface area contributed by atoms with Crippen molar-refractivity contribution in [2.45, 2.75) is 25.4 Å². The average molecular weight is 320 g/mol. The second kappa shape index (κ2) is 6.49. The van der Waals surface area contributed by atoms with Crippen LogP contribution >= 0.6 is 0 Å². The Bertz CT molecular complexity index is 813. The molecule has 3 aromatic rings. The summed E-state index contributed by atoms with van der Waals surface area (Å²) in [6.07, 6.45) is 11.3. The first-order chi connectivity index (χ1) is 11.8. The lowest BCUT2D eigenvalue weighted by atomic mass is 10.1. The number of likely N-dealkylation sites (tertiary alicyclic amines) is 1. The van der Waals surface area contributed by atoms with Gasteiger partial charge in [0.1, 0.15) is 0 Å². The standard InChI is InChI=1S/C18H20N6/c1-23-13-20-11-18(23)16-5-2-4-15(22-16)17-6-3-9-24(17)12-14-10-19-7-8-21-14/h2,4-5,7-8,10-11,13,17H,3,6,9,12H2,1H3/t17-/m1/s1. The van der Waals surface area contributed by atoms with E-state index in [2.05, 4.69) is 32.0 Å². The minimum atomic E-state index is 0.334. The predicted molar refractivity (Wildman–Crippen MR) is 90.9 cm³/mol. The van der Waals surface area contributed by atoms with Gasteiger partial charge in [0.05, 0.1) is 41.3 Å². The van der Waals surface area contributed by atoms with Crippen LogP contribution in [0.15, 0.2) is 49.3 Å². The Morgan fingerprint density at radius 2 is 2.12 bits per heavy atom. The van der Waals surface area contributed by atoms with Crippen molar-refractivity contribution in [3.05, 3.63) is 60.7 Å². The maximum atomic E-state index is 4.91. The van der Waals surface area contributed by atoms with E-state index >= 15 is 0 Å². The molecular formula is C18H20N6. The number of rotatable bonds is 4. The third kappa shape index (κ3) is 2.92. The Balaban J connectivity index is 1.59. The summed E-state index contributed by atoms with van der Waals surface area (Å²) in [5, 5.41) is 0. The minimum Gasteiger partial charge on any atom is -0.332 e. The van der Waals surface area contributed by atoms with Crippen molar-refractivity contribution in [3.8, 4) is 11.4 Å². The SMILES string of the molecule is Cn1cncc1-c1cccc([C@H]2CCCN2Cc2cnccn2)n1. The number of pyridine rings is 1.